The second-order valence-corrected chi connectivity index (χ2v) is 2.52. The largest absolute Gasteiger partial charge is 0.370 e. The van der Waals surface area contributed by atoms with Crippen LogP contribution in [0.2, 0.25) is 0 Å². The van der Waals surface area contributed by atoms with Crippen LogP contribution in [0.5, 0.6) is 0 Å². The van der Waals surface area contributed by atoms with Crippen LogP contribution >= 0.6 is 0 Å². The van der Waals surface area contributed by atoms with Gasteiger partial charge >= 0.3 is 0 Å². The molecule has 0 unspecified atom stereocenters. The van der Waals surface area contributed by atoms with E-state index in [0.29, 0.717) is 5.69 Å². The minimum Gasteiger partial charge on any atom is -0.370 e. The van der Waals surface area contributed by atoms with Gasteiger partial charge < -0.3 is 5.32 Å². The molecule has 13 heavy (non-hydrogen) atoms. The van der Waals surface area contributed by atoms with Crippen molar-refractivity contribution in [3.8, 4) is 6.07 Å². The highest BCUT2D eigenvalue weighted by Crippen LogP contribution is 2.03. The molecular weight excluding hydrogens is 162 g/mol. The normalized spacial score (nSPS) is 8.85. The molecule has 0 aliphatic heterocycles. The van der Waals surface area contributed by atoms with Gasteiger partial charge in [-0.25, -0.2) is 4.98 Å². The van der Waals surface area contributed by atoms with E-state index < -0.39 is 0 Å². The third-order valence-electron chi connectivity index (χ3n) is 1.52. The number of nitriles is 1. The van der Waals surface area contributed by atoms with Crippen LogP contribution in [-0.4, -0.2) is 11.5 Å². The lowest BCUT2D eigenvalue weighted by atomic mass is 10.3. The Balaban J connectivity index is 2.57. The maximum Gasteiger partial charge on any atom is 0.142 e. The van der Waals surface area contributed by atoms with E-state index in [-0.39, 0.29) is 0 Å². The van der Waals surface area contributed by atoms with Gasteiger partial charge in [0.1, 0.15) is 17.6 Å². The molecule has 66 valence electrons. The zero-order valence-corrected chi connectivity index (χ0v) is 7.33. The van der Waals surface area contributed by atoms with Gasteiger partial charge in [0, 0.05) is 6.54 Å². The number of nitrogens with zero attached hydrogens (tertiary/aromatic N) is 2. The molecule has 1 aromatic heterocycles. The lowest BCUT2D eigenvalue weighted by molar-refractivity contribution is 1.05. The fourth-order valence-corrected chi connectivity index (χ4v) is 0.898. The van der Waals surface area contributed by atoms with Gasteiger partial charge in [-0.3, -0.25) is 0 Å². The Morgan fingerprint density at radius 1 is 1.62 bits per heavy atom. The molecular formula is C10H11N3. The van der Waals surface area contributed by atoms with Gasteiger partial charge in [-0.1, -0.05) is 12.1 Å². The van der Waals surface area contributed by atoms with Gasteiger partial charge in [-0.15, -0.1) is 6.58 Å². The maximum atomic E-state index is 8.58. The first-order chi connectivity index (χ1) is 6.36. The summed E-state index contributed by atoms with van der Waals surface area (Å²) in [7, 11) is 0. The van der Waals surface area contributed by atoms with Gasteiger partial charge in [-0.2, -0.15) is 5.26 Å². The summed E-state index contributed by atoms with van der Waals surface area (Å²) >= 11 is 0. The standard InChI is InChI=1S/C10H11N3/c1-2-3-7-12-10-6-4-5-9(8-11)13-10/h2,4-6H,1,3,7H2,(H,12,13). The van der Waals surface area contributed by atoms with E-state index >= 15 is 0 Å². The van der Waals surface area contributed by atoms with E-state index in [4.69, 9.17) is 5.26 Å². The number of pyridine rings is 1. The predicted molar refractivity (Wildman–Crippen MR) is 52.3 cm³/mol. The SMILES string of the molecule is C=CCCNc1cccc(C#N)n1. The molecule has 0 atom stereocenters. The summed E-state index contributed by atoms with van der Waals surface area (Å²) in [4.78, 5) is 4.06. The fraction of sp³-hybridized carbons (Fsp3) is 0.200. The molecule has 0 amide bonds. The van der Waals surface area contributed by atoms with Gasteiger partial charge in [0.25, 0.3) is 0 Å². The molecule has 1 N–H and O–H groups in total. The summed E-state index contributed by atoms with van der Waals surface area (Å²) in [5.74, 6) is 0.737. The summed E-state index contributed by atoms with van der Waals surface area (Å²) in [6.45, 7) is 4.41. The van der Waals surface area contributed by atoms with Crippen molar-refractivity contribution >= 4 is 5.82 Å². The van der Waals surface area contributed by atoms with E-state index in [9.17, 15) is 0 Å². The summed E-state index contributed by atoms with van der Waals surface area (Å²) in [6, 6.07) is 7.31. The Bertz CT molecular complexity index is 325. The number of hydrogen-bond acceptors (Lipinski definition) is 3. The molecule has 1 rings (SSSR count). The molecule has 0 aliphatic carbocycles. The van der Waals surface area contributed by atoms with Crippen LogP contribution in [0.3, 0.4) is 0 Å². The van der Waals surface area contributed by atoms with Crippen molar-refractivity contribution in [2.24, 2.45) is 0 Å². The molecule has 0 aromatic carbocycles. The lowest BCUT2D eigenvalue weighted by Crippen LogP contribution is -2.02. The van der Waals surface area contributed by atoms with Gasteiger partial charge in [-0.05, 0) is 18.6 Å². The van der Waals surface area contributed by atoms with E-state index in [2.05, 4.69) is 16.9 Å². The van der Waals surface area contributed by atoms with Gasteiger partial charge in [0.2, 0.25) is 0 Å². The second-order valence-electron chi connectivity index (χ2n) is 2.52. The van der Waals surface area contributed by atoms with Crippen LogP contribution in [0.1, 0.15) is 12.1 Å². The highest BCUT2D eigenvalue weighted by Gasteiger charge is 1.93. The molecule has 0 spiro atoms. The van der Waals surface area contributed by atoms with Crippen molar-refractivity contribution in [1.82, 2.24) is 4.98 Å². The number of anilines is 1. The maximum absolute atomic E-state index is 8.58. The zero-order chi connectivity index (χ0) is 9.52. The van der Waals surface area contributed by atoms with Crippen LogP contribution in [0, 0.1) is 11.3 Å². The van der Waals surface area contributed by atoms with Crippen molar-refractivity contribution < 1.29 is 0 Å². The fourth-order valence-electron chi connectivity index (χ4n) is 0.898. The first kappa shape index (κ1) is 9.27. The van der Waals surface area contributed by atoms with E-state index in [1.54, 1.807) is 6.07 Å². The summed E-state index contributed by atoms with van der Waals surface area (Å²) in [5, 5.41) is 11.7. The number of rotatable bonds is 4. The molecule has 1 heterocycles. The number of aromatic nitrogens is 1. The Hall–Kier alpha value is -1.82. The summed E-state index contributed by atoms with van der Waals surface area (Å²) < 4.78 is 0. The molecule has 1 aromatic rings. The smallest absolute Gasteiger partial charge is 0.142 e. The van der Waals surface area contributed by atoms with Gasteiger partial charge in [0.15, 0.2) is 0 Å². The lowest BCUT2D eigenvalue weighted by Gasteiger charge is -2.02. The number of hydrogen-bond donors (Lipinski definition) is 1. The van der Waals surface area contributed by atoms with Crippen molar-refractivity contribution in [3.05, 3.63) is 36.5 Å². The molecule has 0 aliphatic rings. The Morgan fingerprint density at radius 3 is 3.15 bits per heavy atom. The highest BCUT2D eigenvalue weighted by atomic mass is 15.0. The molecule has 0 saturated heterocycles. The molecule has 0 radical (unpaired) electrons. The third kappa shape index (κ3) is 2.96. The quantitative estimate of drug-likeness (QED) is 0.559. The molecule has 3 heteroatoms. The topological polar surface area (TPSA) is 48.7 Å². The highest BCUT2D eigenvalue weighted by molar-refractivity contribution is 5.38. The molecule has 0 fully saturated rings. The van der Waals surface area contributed by atoms with Crippen molar-refractivity contribution in [1.29, 1.82) is 5.26 Å². The van der Waals surface area contributed by atoms with E-state index in [1.165, 1.54) is 0 Å². The second kappa shape index (κ2) is 4.94. The first-order valence-electron chi connectivity index (χ1n) is 4.08. The van der Waals surface area contributed by atoms with Crippen LogP contribution in [0.4, 0.5) is 5.82 Å². The Kier molecular flexibility index (Phi) is 3.52. The molecule has 0 saturated carbocycles. The summed E-state index contributed by atoms with van der Waals surface area (Å²) in [5.41, 5.74) is 0.434. The average Bonchev–Trinajstić information content (AvgIpc) is 2.19. The third-order valence-corrected chi connectivity index (χ3v) is 1.52. The first-order valence-corrected chi connectivity index (χ1v) is 4.08. The van der Waals surface area contributed by atoms with Crippen LogP contribution in [0.15, 0.2) is 30.9 Å². The average molecular weight is 173 g/mol. The van der Waals surface area contributed by atoms with Crippen molar-refractivity contribution in [2.45, 2.75) is 6.42 Å². The summed E-state index contributed by atoms with van der Waals surface area (Å²) in [6.07, 6.45) is 2.72. The predicted octanol–water partition coefficient (Wildman–Crippen LogP) is 1.94. The van der Waals surface area contributed by atoms with Crippen LogP contribution in [-0.2, 0) is 0 Å². The van der Waals surface area contributed by atoms with Crippen LogP contribution < -0.4 is 5.32 Å². The van der Waals surface area contributed by atoms with Crippen LogP contribution in [0.25, 0.3) is 0 Å². The number of nitrogens with one attached hydrogen (secondary N) is 1. The van der Waals surface area contributed by atoms with Crippen molar-refractivity contribution in [3.63, 3.8) is 0 Å². The van der Waals surface area contributed by atoms with Crippen molar-refractivity contribution in [2.75, 3.05) is 11.9 Å². The minimum absolute atomic E-state index is 0.434. The van der Waals surface area contributed by atoms with E-state index in [1.807, 2.05) is 24.3 Å². The molecule has 3 nitrogen and oxygen atoms in total. The minimum atomic E-state index is 0.434. The zero-order valence-electron chi connectivity index (χ0n) is 7.33. The van der Waals surface area contributed by atoms with E-state index in [0.717, 1.165) is 18.8 Å². The molecule has 0 bridgehead atoms. The Morgan fingerprint density at radius 2 is 2.46 bits per heavy atom. The Labute approximate surface area is 77.7 Å². The monoisotopic (exact) mass is 173 g/mol. The van der Waals surface area contributed by atoms with Gasteiger partial charge in [0.05, 0.1) is 0 Å².